The van der Waals surface area contributed by atoms with Crippen LogP contribution in [0.5, 0.6) is 0 Å². The maximum absolute atomic E-state index is 5.10. The van der Waals surface area contributed by atoms with Crippen LogP contribution < -0.4 is 5.32 Å². The molecule has 0 aromatic carbocycles. The highest BCUT2D eigenvalue weighted by atomic mass is 32.1. The van der Waals surface area contributed by atoms with E-state index in [1.807, 2.05) is 11.3 Å². The summed E-state index contributed by atoms with van der Waals surface area (Å²) in [6, 6.07) is 0.528. The van der Waals surface area contributed by atoms with E-state index in [4.69, 9.17) is 4.74 Å². The van der Waals surface area contributed by atoms with E-state index in [0.29, 0.717) is 6.04 Å². The number of nitrogens with one attached hydrogen (secondary N) is 1. The molecular weight excluding hydrogens is 232 g/mol. The number of nitrogens with zero attached hydrogens (tertiary/aromatic N) is 1. The van der Waals surface area contributed by atoms with Crippen molar-refractivity contribution < 1.29 is 4.74 Å². The van der Waals surface area contributed by atoms with E-state index in [2.05, 4.69) is 31.1 Å². The molecule has 0 aliphatic carbocycles. The lowest BCUT2D eigenvalue weighted by molar-refractivity contribution is 0.188. The molecule has 4 heteroatoms. The Kier molecular flexibility index (Phi) is 6.70. The van der Waals surface area contributed by atoms with E-state index in [0.717, 1.165) is 32.4 Å². The van der Waals surface area contributed by atoms with Crippen LogP contribution in [-0.2, 0) is 11.2 Å². The number of thiazole rings is 1. The summed E-state index contributed by atoms with van der Waals surface area (Å²) in [4.78, 5) is 5.95. The van der Waals surface area contributed by atoms with Crippen LogP contribution in [-0.4, -0.2) is 31.3 Å². The van der Waals surface area contributed by atoms with Crippen LogP contribution in [0.4, 0.5) is 0 Å². The first-order valence-corrected chi connectivity index (χ1v) is 7.14. The minimum atomic E-state index is 0.528. The van der Waals surface area contributed by atoms with Gasteiger partial charge in [0.25, 0.3) is 0 Å². The van der Waals surface area contributed by atoms with Crippen molar-refractivity contribution in [3.63, 3.8) is 0 Å². The van der Waals surface area contributed by atoms with Gasteiger partial charge in [0.05, 0.1) is 10.7 Å². The van der Waals surface area contributed by atoms with Crippen molar-refractivity contribution in [3.05, 3.63) is 15.6 Å². The summed E-state index contributed by atoms with van der Waals surface area (Å²) in [5, 5.41) is 4.78. The van der Waals surface area contributed by atoms with Gasteiger partial charge in [0.1, 0.15) is 0 Å². The van der Waals surface area contributed by atoms with E-state index in [1.54, 1.807) is 7.11 Å². The van der Waals surface area contributed by atoms with Gasteiger partial charge in [-0.05, 0) is 33.2 Å². The highest BCUT2D eigenvalue weighted by Crippen LogP contribution is 2.18. The first-order valence-electron chi connectivity index (χ1n) is 6.32. The molecule has 17 heavy (non-hydrogen) atoms. The Hall–Kier alpha value is -0.450. The zero-order valence-corrected chi connectivity index (χ0v) is 12.2. The SMILES string of the molecule is CCNC(CCCOC)Cc1nc(C)c(C)s1. The minimum absolute atomic E-state index is 0.528. The van der Waals surface area contributed by atoms with Crippen molar-refractivity contribution in [2.75, 3.05) is 20.3 Å². The van der Waals surface area contributed by atoms with Gasteiger partial charge in [0, 0.05) is 31.1 Å². The van der Waals surface area contributed by atoms with Crippen LogP contribution in [0.3, 0.4) is 0 Å². The smallest absolute Gasteiger partial charge is 0.0946 e. The largest absolute Gasteiger partial charge is 0.385 e. The number of methoxy groups -OCH3 is 1. The van der Waals surface area contributed by atoms with E-state index in [1.165, 1.54) is 15.6 Å². The van der Waals surface area contributed by atoms with Crippen molar-refractivity contribution in [3.8, 4) is 0 Å². The Labute approximate surface area is 109 Å². The van der Waals surface area contributed by atoms with Gasteiger partial charge < -0.3 is 10.1 Å². The molecule has 1 aromatic rings. The average Bonchev–Trinajstić information content (AvgIpc) is 2.58. The summed E-state index contributed by atoms with van der Waals surface area (Å²) >= 11 is 1.83. The van der Waals surface area contributed by atoms with Crippen LogP contribution >= 0.6 is 11.3 Å². The molecule has 1 rings (SSSR count). The summed E-state index contributed by atoms with van der Waals surface area (Å²) in [7, 11) is 1.76. The third kappa shape index (κ3) is 5.15. The van der Waals surface area contributed by atoms with Crippen molar-refractivity contribution in [1.82, 2.24) is 10.3 Å². The zero-order valence-electron chi connectivity index (χ0n) is 11.4. The Morgan fingerprint density at radius 2 is 2.18 bits per heavy atom. The average molecular weight is 256 g/mol. The topological polar surface area (TPSA) is 34.1 Å². The van der Waals surface area contributed by atoms with Crippen molar-refractivity contribution in [1.29, 1.82) is 0 Å². The van der Waals surface area contributed by atoms with Crippen LogP contribution in [0.2, 0.25) is 0 Å². The van der Waals surface area contributed by atoms with Crippen molar-refractivity contribution >= 4 is 11.3 Å². The second-order valence-electron chi connectivity index (χ2n) is 4.34. The van der Waals surface area contributed by atoms with Crippen LogP contribution in [0.1, 0.15) is 35.3 Å². The molecule has 0 saturated heterocycles. The molecule has 0 fully saturated rings. The number of hydrogen-bond donors (Lipinski definition) is 1. The Bertz CT molecular complexity index is 306. The molecule has 0 aliphatic heterocycles. The quantitative estimate of drug-likeness (QED) is 0.726. The minimum Gasteiger partial charge on any atom is -0.385 e. The standard InChI is InChI=1S/C13H24N2OS/c1-5-14-12(7-6-8-16-4)9-13-15-10(2)11(3)17-13/h12,14H,5-9H2,1-4H3. The fourth-order valence-electron chi connectivity index (χ4n) is 1.88. The third-order valence-corrected chi connectivity index (χ3v) is 3.98. The van der Waals surface area contributed by atoms with Crippen LogP contribution in [0.25, 0.3) is 0 Å². The molecule has 0 spiro atoms. The monoisotopic (exact) mass is 256 g/mol. The Morgan fingerprint density at radius 3 is 2.71 bits per heavy atom. The second-order valence-corrected chi connectivity index (χ2v) is 5.63. The van der Waals surface area contributed by atoms with Gasteiger partial charge in [-0.2, -0.15) is 0 Å². The Morgan fingerprint density at radius 1 is 1.41 bits per heavy atom. The first-order chi connectivity index (χ1) is 8.17. The normalized spacial score (nSPS) is 12.9. The molecular formula is C13H24N2OS. The summed E-state index contributed by atoms with van der Waals surface area (Å²) in [5.74, 6) is 0. The van der Waals surface area contributed by atoms with E-state index in [-0.39, 0.29) is 0 Å². The molecule has 3 nitrogen and oxygen atoms in total. The molecule has 1 atom stereocenters. The predicted molar refractivity (Wildman–Crippen MR) is 73.9 cm³/mol. The lowest BCUT2D eigenvalue weighted by Crippen LogP contribution is -2.31. The van der Waals surface area contributed by atoms with Gasteiger partial charge in [-0.3, -0.25) is 0 Å². The van der Waals surface area contributed by atoms with Gasteiger partial charge in [0.15, 0.2) is 0 Å². The van der Waals surface area contributed by atoms with Crippen LogP contribution in [0, 0.1) is 13.8 Å². The van der Waals surface area contributed by atoms with Gasteiger partial charge in [-0.25, -0.2) is 4.98 Å². The Balaban J connectivity index is 2.47. The van der Waals surface area contributed by atoms with Gasteiger partial charge in [0.2, 0.25) is 0 Å². The summed E-state index contributed by atoms with van der Waals surface area (Å²) in [5.41, 5.74) is 1.18. The predicted octanol–water partition coefficient (Wildman–Crippen LogP) is 2.71. The molecule has 1 unspecified atom stereocenters. The number of hydrogen-bond acceptors (Lipinski definition) is 4. The number of likely N-dealkylation sites (N-methyl/N-ethyl adjacent to an activating group) is 1. The van der Waals surface area contributed by atoms with E-state index < -0.39 is 0 Å². The van der Waals surface area contributed by atoms with E-state index >= 15 is 0 Å². The number of aromatic nitrogens is 1. The molecule has 0 bridgehead atoms. The molecule has 0 saturated carbocycles. The molecule has 0 aliphatic rings. The molecule has 1 N–H and O–H groups in total. The summed E-state index contributed by atoms with van der Waals surface area (Å²) < 4.78 is 5.10. The molecule has 1 aromatic heterocycles. The highest BCUT2D eigenvalue weighted by Gasteiger charge is 2.11. The summed E-state index contributed by atoms with van der Waals surface area (Å²) in [6.07, 6.45) is 3.30. The fraction of sp³-hybridized carbons (Fsp3) is 0.769. The number of ether oxygens (including phenoxy) is 1. The third-order valence-electron chi connectivity index (χ3n) is 2.89. The van der Waals surface area contributed by atoms with Gasteiger partial charge in [-0.1, -0.05) is 6.92 Å². The van der Waals surface area contributed by atoms with E-state index in [9.17, 15) is 0 Å². The fourth-order valence-corrected chi connectivity index (χ4v) is 2.89. The van der Waals surface area contributed by atoms with Crippen molar-refractivity contribution in [2.45, 2.75) is 46.1 Å². The first kappa shape index (κ1) is 14.6. The van der Waals surface area contributed by atoms with Gasteiger partial charge in [-0.15, -0.1) is 11.3 Å². The number of aryl methyl sites for hydroxylation is 2. The maximum atomic E-state index is 5.10. The molecule has 1 heterocycles. The van der Waals surface area contributed by atoms with Crippen molar-refractivity contribution in [2.24, 2.45) is 0 Å². The number of rotatable bonds is 8. The van der Waals surface area contributed by atoms with Crippen LogP contribution in [0.15, 0.2) is 0 Å². The lowest BCUT2D eigenvalue weighted by atomic mass is 10.1. The highest BCUT2D eigenvalue weighted by molar-refractivity contribution is 7.11. The second kappa shape index (κ2) is 7.80. The molecule has 0 radical (unpaired) electrons. The van der Waals surface area contributed by atoms with Gasteiger partial charge >= 0.3 is 0 Å². The molecule has 98 valence electrons. The summed E-state index contributed by atoms with van der Waals surface area (Å²) in [6.45, 7) is 8.24. The zero-order chi connectivity index (χ0) is 12.7. The molecule has 0 amide bonds. The lowest BCUT2D eigenvalue weighted by Gasteiger charge is -2.16. The maximum Gasteiger partial charge on any atom is 0.0946 e.